The second-order valence-electron chi connectivity index (χ2n) is 4.00. The molecular formula is C13H17NO3S. The minimum atomic E-state index is -0.988. The van der Waals surface area contributed by atoms with E-state index in [2.05, 4.69) is 0 Å². The van der Waals surface area contributed by atoms with E-state index in [1.165, 1.54) is 16.7 Å². The first-order valence-electron chi connectivity index (χ1n) is 5.57. The second kappa shape index (κ2) is 7.06. The third kappa shape index (κ3) is 4.41. The van der Waals surface area contributed by atoms with Crippen LogP contribution in [0.5, 0.6) is 0 Å². The normalized spacial score (nSPS) is 10.1. The lowest BCUT2D eigenvalue weighted by Gasteiger charge is -2.21. The summed E-state index contributed by atoms with van der Waals surface area (Å²) in [4.78, 5) is 24.0. The van der Waals surface area contributed by atoms with E-state index in [1.54, 1.807) is 0 Å². The summed E-state index contributed by atoms with van der Waals surface area (Å²) in [5.74, 6) is -0.828. The van der Waals surface area contributed by atoms with Crippen molar-refractivity contribution >= 4 is 23.6 Å². The van der Waals surface area contributed by atoms with E-state index in [1.807, 2.05) is 37.4 Å². The standard InChI is InChI=1S/C13H17NO3S/c1-10-5-3-4-6-11(10)7-14(8-13(16)17)12(15)9-18-2/h3-6H,7-9H2,1-2H3,(H,16,17). The molecule has 0 aromatic heterocycles. The van der Waals surface area contributed by atoms with Gasteiger partial charge in [0.1, 0.15) is 6.54 Å². The fourth-order valence-corrected chi connectivity index (χ4v) is 2.03. The highest BCUT2D eigenvalue weighted by atomic mass is 32.2. The van der Waals surface area contributed by atoms with Gasteiger partial charge in [0.15, 0.2) is 0 Å². The Labute approximate surface area is 111 Å². The Kier molecular flexibility index (Phi) is 5.71. The first kappa shape index (κ1) is 14.6. The van der Waals surface area contributed by atoms with E-state index in [-0.39, 0.29) is 12.5 Å². The number of carbonyl (C=O) groups is 2. The molecule has 1 amide bonds. The fraction of sp³-hybridized carbons (Fsp3) is 0.385. The van der Waals surface area contributed by atoms with Crippen LogP contribution in [0.15, 0.2) is 24.3 Å². The van der Waals surface area contributed by atoms with E-state index in [4.69, 9.17) is 5.11 Å². The Hall–Kier alpha value is -1.49. The highest BCUT2D eigenvalue weighted by Gasteiger charge is 2.17. The van der Waals surface area contributed by atoms with Gasteiger partial charge in [0.25, 0.3) is 0 Å². The van der Waals surface area contributed by atoms with Crippen LogP contribution >= 0.6 is 11.8 Å². The molecule has 0 saturated carbocycles. The molecule has 0 aliphatic rings. The molecule has 1 aromatic carbocycles. The molecule has 1 N–H and O–H groups in total. The monoisotopic (exact) mass is 267 g/mol. The van der Waals surface area contributed by atoms with Gasteiger partial charge in [0, 0.05) is 6.54 Å². The van der Waals surface area contributed by atoms with Crippen LogP contribution in [0.2, 0.25) is 0 Å². The molecule has 0 aliphatic heterocycles. The van der Waals surface area contributed by atoms with Gasteiger partial charge in [-0.15, -0.1) is 0 Å². The van der Waals surface area contributed by atoms with E-state index < -0.39 is 5.97 Å². The highest BCUT2D eigenvalue weighted by Crippen LogP contribution is 2.11. The van der Waals surface area contributed by atoms with Gasteiger partial charge < -0.3 is 10.0 Å². The van der Waals surface area contributed by atoms with E-state index in [9.17, 15) is 9.59 Å². The molecule has 0 saturated heterocycles. The van der Waals surface area contributed by atoms with Crippen molar-refractivity contribution in [3.05, 3.63) is 35.4 Å². The summed E-state index contributed by atoms with van der Waals surface area (Å²) in [6, 6.07) is 7.67. The number of hydrogen-bond donors (Lipinski definition) is 1. The number of hydrogen-bond acceptors (Lipinski definition) is 3. The van der Waals surface area contributed by atoms with Gasteiger partial charge in [-0.25, -0.2) is 0 Å². The Morgan fingerprint density at radius 1 is 1.33 bits per heavy atom. The van der Waals surface area contributed by atoms with E-state index >= 15 is 0 Å². The fourth-order valence-electron chi connectivity index (χ4n) is 1.60. The topological polar surface area (TPSA) is 57.6 Å². The van der Waals surface area contributed by atoms with Crippen LogP contribution < -0.4 is 0 Å². The van der Waals surface area contributed by atoms with Crippen LogP contribution in [0.1, 0.15) is 11.1 Å². The maximum Gasteiger partial charge on any atom is 0.323 e. The summed E-state index contributed by atoms with van der Waals surface area (Å²) in [7, 11) is 0. The molecule has 18 heavy (non-hydrogen) atoms. The zero-order valence-corrected chi connectivity index (χ0v) is 11.4. The number of carboxylic acid groups (broad SMARTS) is 1. The third-order valence-electron chi connectivity index (χ3n) is 2.57. The molecule has 98 valence electrons. The molecular weight excluding hydrogens is 250 g/mol. The van der Waals surface area contributed by atoms with Crippen molar-refractivity contribution < 1.29 is 14.7 Å². The van der Waals surface area contributed by atoms with Crippen LogP contribution in [0, 0.1) is 6.92 Å². The van der Waals surface area contributed by atoms with Crippen molar-refractivity contribution in [1.29, 1.82) is 0 Å². The van der Waals surface area contributed by atoms with Crippen molar-refractivity contribution in [3.8, 4) is 0 Å². The molecule has 1 aromatic rings. The Morgan fingerprint density at radius 3 is 2.56 bits per heavy atom. The molecule has 0 bridgehead atoms. The quantitative estimate of drug-likeness (QED) is 0.853. The lowest BCUT2D eigenvalue weighted by atomic mass is 10.1. The van der Waals surface area contributed by atoms with Crippen LogP contribution in [-0.4, -0.2) is 40.4 Å². The van der Waals surface area contributed by atoms with Gasteiger partial charge in [0.2, 0.25) is 5.91 Å². The SMILES string of the molecule is CSCC(=O)N(CC(=O)O)Cc1ccccc1C. The Balaban J connectivity index is 2.81. The third-order valence-corrected chi connectivity index (χ3v) is 3.10. The van der Waals surface area contributed by atoms with Crippen molar-refractivity contribution in [3.63, 3.8) is 0 Å². The number of benzene rings is 1. The second-order valence-corrected chi connectivity index (χ2v) is 4.87. The summed E-state index contributed by atoms with van der Waals surface area (Å²) < 4.78 is 0. The highest BCUT2D eigenvalue weighted by molar-refractivity contribution is 7.99. The van der Waals surface area contributed by atoms with E-state index in [0.717, 1.165) is 11.1 Å². The average Bonchev–Trinajstić information content (AvgIpc) is 2.31. The van der Waals surface area contributed by atoms with Crippen molar-refractivity contribution in [2.75, 3.05) is 18.6 Å². The summed E-state index contributed by atoms with van der Waals surface area (Å²) in [5.41, 5.74) is 2.04. The first-order valence-corrected chi connectivity index (χ1v) is 6.97. The summed E-state index contributed by atoms with van der Waals surface area (Å²) in [6.45, 7) is 2.04. The summed E-state index contributed by atoms with van der Waals surface area (Å²) in [5, 5.41) is 8.85. The van der Waals surface area contributed by atoms with Crippen LogP contribution in [-0.2, 0) is 16.1 Å². The number of carbonyl (C=O) groups excluding carboxylic acids is 1. The van der Waals surface area contributed by atoms with Gasteiger partial charge in [-0.2, -0.15) is 11.8 Å². The molecule has 4 nitrogen and oxygen atoms in total. The van der Waals surface area contributed by atoms with E-state index in [0.29, 0.717) is 12.3 Å². The molecule has 0 heterocycles. The van der Waals surface area contributed by atoms with Crippen LogP contribution in [0.4, 0.5) is 0 Å². The zero-order chi connectivity index (χ0) is 13.5. The molecule has 0 unspecified atom stereocenters. The number of aliphatic carboxylic acids is 1. The van der Waals surface area contributed by atoms with Gasteiger partial charge in [-0.3, -0.25) is 9.59 Å². The lowest BCUT2D eigenvalue weighted by Crippen LogP contribution is -2.36. The maximum absolute atomic E-state index is 11.8. The van der Waals surface area contributed by atoms with Gasteiger partial charge >= 0.3 is 5.97 Å². The van der Waals surface area contributed by atoms with Crippen molar-refractivity contribution in [2.45, 2.75) is 13.5 Å². The molecule has 1 rings (SSSR count). The molecule has 0 atom stereocenters. The predicted molar refractivity (Wildman–Crippen MR) is 72.6 cm³/mol. The molecule has 0 radical (unpaired) electrons. The molecule has 0 aliphatic carbocycles. The number of nitrogens with zero attached hydrogens (tertiary/aromatic N) is 1. The Morgan fingerprint density at radius 2 is 2.00 bits per heavy atom. The number of carboxylic acids is 1. The smallest absolute Gasteiger partial charge is 0.323 e. The lowest BCUT2D eigenvalue weighted by molar-refractivity contribution is -0.143. The number of amides is 1. The van der Waals surface area contributed by atoms with Crippen LogP contribution in [0.3, 0.4) is 0 Å². The maximum atomic E-state index is 11.8. The van der Waals surface area contributed by atoms with Crippen LogP contribution in [0.25, 0.3) is 0 Å². The molecule has 5 heteroatoms. The summed E-state index contributed by atoms with van der Waals surface area (Å²) in [6.07, 6.45) is 1.82. The number of aryl methyl sites for hydroxylation is 1. The average molecular weight is 267 g/mol. The zero-order valence-electron chi connectivity index (χ0n) is 10.5. The largest absolute Gasteiger partial charge is 0.480 e. The minimum Gasteiger partial charge on any atom is -0.480 e. The number of rotatable bonds is 6. The minimum absolute atomic E-state index is 0.145. The van der Waals surface area contributed by atoms with Gasteiger partial charge in [0.05, 0.1) is 5.75 Å². The van der Waals surface area contributed by atoms with Crippen molar-refractivity contribution in [2.24, 2.45) is 0 Å². The molecule has 0 fully saturated rings. The number of thioether (sulfide) groups is 1. The molecule has 0 spiro atoms. The Bertz CT molecular complexity index is 434. The predicted octanol–water partition coefficient (Wildman–Crippen LogP) is 1.77. The summed E-state index contributed by atoms with van der Waals surface area (Å²) >= 11 is 1.40. The van der Waals surface area contributed by atoms with Gasteiger partial charge in [-0.1, -0.05) is 24.3 Å². The van der Waals surface area contributed by atoms with Gasteiger partial charge in [-0.05, 0) is 24.3 Å². The van der Waals surface area contributed by atoms with Crippen molar-refractivity contribution in [1.82, 2.24) is 4.90 Å². The first-order chi connectivity index (χ1) is 8.54.